The minimum Gasteiger partial charge on any atom is -0.385 e. The summed E-state index contributed by atoms with van der Waals surface area (Å²) in [6, 6.07) is 0. The van der Waals surface area contributed by atoms with E-state index in [1.54, 1.807) is 0 Å². The molecule has 0 unspecified atom stereocenters. The van der Waals surface area contributed by atoms with Crippen LogP contribution in [0.2, 0.25) is 0 Å². The molecule has 4 heteroatoms. The third-order valence-corrected chi connectivity index (χ3v) is 0. The van der Waals surface area contributed by atoms with Crippen LogP contribution in [0.4, 0.5) is 0 Å². The molecule has 0 aromatic heterocycles. The van der Waals surface area contributed by atoms with Gasteiger partial charge in [-0.2, -0.15) is 0 Å². The van der Waals surface area contributed by atoms with Crippen LogP contribution in [-0.2, 0) is 4.79 Å². The number of hydrogen-bond acceptors (Lipinski definition) is 2. The highest BCUT2D eigenvalue weighted by atomic mass is 32.1. The average molecular weight is 123 g/mol. The molecule has 0 aromatic carbocycles. The summed E-state index contributed by atoms with van der Waals surface area (Å²) < 4.78 is 0.194. The molecule has 0 spiro atoms. The summed E-state index contributed by atoms with van der Waals surface area (Å²) in [5.74, 6) is 0. The highest BCUT2D eigenvalue weighted by molar-refractivity contribution is 8.10. The first-order chi connectivity index (χ1) is 2.73. The van der Waals surface area contributed by atoms with E-state index in [9.17, 15) is 0 Å². The normalized spacial score (nSPS) is 4.83. The lowest BCUT2D eigenvalue weighted by atomic mass is 11.5. The average Bonchev–Trinajstić information content (AvgIpc) is 1.41. The number of nitrogens with two attached hydrogens (primary N) is 1. The van der Waals surface area contributed by atoms with Crippen LogP contribution >= 0.6 is 24.8 Å². The molecule has 0 atom stereocenters. The second-order valence-electron chi connectivity index (χ2n) is 0.338. The molecule has 0 rings (SSSR count). The molecule has 0 aliphatic heterocycles. The van der Waals surface area contributed by atoms with E-state index >= 15 is 0 Å². The quantitative estimate of drug-likeness (QED) is 0.351. The second kappa shape index (κ2) is 8.86. The molecule has 0 aromatic rings. The van der Waals surface area contributed by atoms with Crippen molar-refractivity contribution in [1.82, 2.24) is 0 Å². The van der Waals surface area contributed by atoms with Crippen molar-refractivity contribution in [2.75, 3.05) is 0 Å². The summed E-state index contributed by atoms with van der Waals surface area (Å²) in [7, 11) is 0. The van der Waals surface area contributed by atoms with E-state index in [1.165, 1.54) is 0 Å². The summed E-state index contributed by atoms with van der Waals surface area (Å²) in [5, 5.41) is 0. The maximum atomic E-state index is 8.00. The van der Waals surface area contributed by atoms with Crippen molar-refractivity contribution >= 4 is 36.0 Å². The first kappa shape index (κ1) is 9.32. The van der Waals surface area contributed by atoms with Gasteiger partial charge in [0.05, 0.1) is 0 Å². The largest absolute Gasteiger partial charge is 0.385 e. The van der Waals surface area contributed by atoms with Crippen LogP contribution in [0.3, 0.4) is 0 Å². The SMILES string of the molecule is C=O.NC(=S)S. The minimum absolute atomic E-state index is 0.194. The van der Waals surface area contributed by atoms with Gasteiger partial charge in [-0.3, -0.25) is 0 Å². The summed E-state index contributed by atoms with van der Waals surface area (Å²) >= 11 is 7.65. The van der Waals surface area contributed by atoms with Gasteiger partial charge in [-0.05, 0) is 0 Å². The molecule has 0 aliphatic rings. The smallest absolute Gasteiger partial charge is 0.128 e. The first-order valence-electron chi connectivity index (χ1n) is 1.01. The van der Waals surface area contributed by atoms with Gasteiger partial charge in [-0.15, -0.1) is 12.6 Å². The first-order valence-corrected chi connectivity index (χ1v) is 1.86. The van der Waals surface area contributed by atoms with Crippen molar-refractivity contribution in [3.05, 3.63) is 0 Å². The van der Waals surface area contributed by atoms with Gasteiger partial charge in [-0.1, -0.05) is 12.2 Å². The fraction of sp³-hybridized carbons (Fsp3) is 0. The van der Waals surface area contributed by atoms with E-state index in [1.807, 2.05) is 6.79 Å². The summed E-state index contributed by atoms with van der Waals surface area (Å²) in [6.07, 6.45) is 0. The molecule has 6 heavy (non-hydrogen) atoms. The zero-order valence-corrected chi connectivity index (χ0v) is 4.76. The molecular formula is C2H5NOS2. The van der Waals surface area contributed by atoms with Crippen LogP contribution < -0.4 is 5.73 Å². The van der Waals surface area contributed by atoms with Gasteiger partial charge in [0.2, 0.25) is 0 Å². The van der Waals surface area contributed by atoms with Crippen LogP contribution in [0.15, 0.2) is 0 Å². The Kier molecular flexibility index (Phi) is 13.8. The molecule has 2 nitrogen and oxygen atoms in total. The van der Waals surface area contributed by atoms with Crippen LogP contribution in [0, 0.1) is 0 Å². The standard InChI is InChI=1S/CH3NS2.CH2O/c2-1(3)4;1-2/h(H3,2,3,4);1H2. The van der Waals surface area contributed by atoms with Gasteiger partial charge in [0.15, 0.2) is 0 Å². The number of thiocarbonyl (C=S) groups is 1. The van der Waals surface area contributed by atoms with Gasteiger partial charge in [-0.25, -0.2) is 0 Å². The van der Waals surface area contributed by atoms with E-state index < -0.39 is 0 Å². The van der Waals surface area contributed by atoms with Gasteiger partial charge in [0.25, 0.3) is 0 Å². The number of carbonyl (C=O) groups is 1. The maximum absolute atomic E-state index is 8.00. The molecule has 0 bridgehead atoms. The Morgan fingerprint density at radius 3 is 1.83 bits per heavy atom. The van der Waals surface area contributed by atoms with E-state index in [2.05, 4.69) is 24.8 Å². The number of rotatable bonds is 0. The number of hydrogen-bond donors (Lipinski definition) is 2. The lowest BCUT2D eigenvalue weighted by Crippen LogP contribution is -1.94. The fourth-order valence-corrected chi connectivity index (χ4v) is 0. The number of thiol groups is 1. The molecule has 0 fully saturated rings. The van der Waals surface area contributed by atoms with Crippen molar-refractivity contribution < 1.29 is 4.79 Å². The molecule has 0 saturated heterocycles. The fourth-order valence-electron chi connectivity index (χ4n) is 0. The van der Waals surface area contributed by atoms with Gasteiger partial charge in [0.1, 0.15) is 11.1 Å². The lowest BCUT2D eigenvalue weighted by Gasteiger charge is -1.64. The van der Waals surface area contributed by atoms with Crippen molar-refractivity contribution in [1.29, 1.82) is 0 Å². The summed E-state index contributed by atoms with van der Waals surface area (Å²) in [6.45, 7) is 2.00. The third-order valence-electron chi connectivity index (χ3n) is 0. The second-order valence-corrected chi connectivity index (χ2v) is 1.56. The third kappa shape index (κ3) is 4090. The van der Waals surface area contributed by atoms with Gasteiger partial charge < -0.3 is 10.5 Å². The molecule has 0 saturated carbocycles. The Bertz CT molecular complexity index is 42.8. The molecular weight excluding hydrogens is 118 g/mol. The molecule has 0 aliphatic carbocycles. The minimum atomic E-state index is 0.194. The highest BCUT2D eigenvalue weighted by Crippen LogP contribution is 1.63. The lowest BCUT2D eigenvalue weighted by molar-refractivity contribution is -0.0979. The van der Waals surface area contributed by atoms with Crippen LogP contribution in [0.5, 0.6) is 0 Å². The van der Waals surface area contributed by atoms with Crippen molar-refractivity contribution in [2.45, 2.75) is 0 Å². The zero-order valence-electron chi connectivity index (χ0n) is 3.05. The molecule has 2 N–H and O–H groups in total. The molecule has 0 radical (unpaired) electrons. The van der Waals surface area contributed by atoms with Crippen molar-refractivity contribution in [3.63, 3.8) is 0 Å². The molecule has 0 amide bonds. The predicted molar refractivity (Wildman–Crippen MR) is 32.9 cm³/mol. The van der Waals surface area contributed by atoms with Gasteiger partial charge >= 0.3 is 0 Å². The van der Waals surface area contributed by atoms with E-state index in [0.717, 1.165) is 0 Å². The van der Waals surface area contributed by atoms with Crippen molar-refractivity contribution in [2.24, 2.45) is 5.73 Å². The van der Waals surface area contributed by atoms with Crippen LogP contribution in [0.25, 0.3) is 0 Å². The van der Waals surface area contributed by atoms with E-state index in [0.29, 0.717) is 0 Å². The predicted octanol–water partition coefficient (Wildman–Crippen LogP) is -0.0251. The Morgan fingerprint density at radius 2 is 1.83 bits per heavy atom. The zero-order chi connectivity index (χ0) is 5.58. The van der Waals surface area contributed by atoms with Crippen LogP contribution in [0.1, 0.15) is 0 Å². The maximum Gasteiger partial charge on any atom is 0.128 e. The Balaban J connectivity index is 0. The highest BCUT2D eigenvalue weighted by Gasteiger charge is 1.55. The summed E-state index contributed by atoms with van der Waals surface area (Å²) in [5.41, 5.74) is 4.71. The Hall–Kier alpha value is -0.0900. The van der Waals surface area contributed by atoms with Gasteiger partial charge in [0, 0.05) is 0 Å². The van der Waals surface area contributed by atoms with Crippen molar-refractivity contribution in [3.8, 4) is 0 Å². The topological polar surface area (TPSA) is 43.1 Å². The Morgan fingerprint density at radius 1 is 1.83 bits per heavy atom. The van der Waals surface area contributed by atoms with Crippen LogP contribution in [-0.4, -0.2) is 11.1 Å². The Labute approximate surface area is 47.1 Å². The number of carbonyl (C=O) groups excluding carboxylic acids is 1. The molecule has 36 valence electrons. The monoisotopic (exact) mass is 123 g/mol. The van der Waals surface area contributed by atoms with E-state index in [-0.39, 0.29) is 4.32 Å². The molecule has 0 heterocycles. The summed E-state index contributed by atoms with van der Waals surface area (Å²) in [4.78, 5) is 8.00. The van der Waals surface area contributed by atoms with E-state index in [4.69, 9.17) is 10.5 Å².